The van der Waals surface area contributed by atoms with Crippen molar-refractivity contribution >= 4 is 22.2 Å². The number of ether oxygens (including phenoxy) is 2. The molecular weight excluding hydrogens is 454 g/mol. The number of thiophene rings is 1. The second kappa shape index (κ2) is 13.0. The largest absolute Gasteiger partial charge is 0.502 e. The van der Waals surface area contributed by atoms with Crippen LogP contribution in [0.1, 0.15) is 76.3 Å². The molecule has 35 heavy (non-hydrogen) atoms. The summed E-state index contributed by atoms with van der Waals surface area (Å²) in [4.78, 5) is 13.8. The molecule has 0 amide bonds. The fourth-order valence-corrected chi connectivity index (χ4v) is 5.65. The van der Waals surface area contributed by atoms with E-state index in [0.717, 1.165) is 85.9 Å². The second-order valence-electron chi connectivity index (χ2n) is 9.46. The zero-order valence-electron chi connectivity index (χ0n) is 21.3. The summed E-state index contributed by atoms with van der Waals surface area (Å²) in [6.07, 6.45) is 16.9. The third-order valence-corrected chi connectivity index (χ3v) is 7.39. The summed E-state index contributed by atoms with van der Waals surface area (Å²) in [5.41, 5.74) is 5.55. The van der Waals surface area contributed by atoms with Gasteiger partial charge in [0.25, 0.3) is 0 Å². The number of unbranched alkanes of at least 4 members (excludes halogenated alkanes) is 4. The van der Waals surface area contributed by atoms with Crippen molar-refractivity contribution in [3.05, 3.63) is 62.8 Å². The Morgan fingerprint density at radius 2 is 1.94 bits per heavy atom. The number of hydrogen-bond acceptors (Lipinski definition) is 4. The first-order valence-corrected chi connectivity index (χ1v) is 14.3. The van der Waals surface area contributed by atoms with Gasteiger partial charge >= 0.3 is 0 Å². The summed E-state index contributed by atoms with van der Waals surface area (Å²) in [5.74, 6) is 0.883. The Labute approximate surface area is 213 Å². The van der Waals surface area contributed by atoms with Gasteiger partial charge in [-0.15, -0.1) is 0 Å². The molecule has 3 aromatic rings. The molecule has 0 bridgehead atoms. The average molecular weight is 494 g/mol. The van der Waals surface area contributed by atoms with E-state index in [2.05, 4.69) is 53.6 Å². The Morgan fingerprint density at radius 1 is 1.09 bits per heavy atom. The Morgan fingerprint density at radius 3 is 2.74 bits per heavy atom. The molecule has 4 rings (SSSR count). The van der Waals surface area contributed by atoms with Gasteiger partial charge in [0.05, 0.1) is 30.4 Å². The standard InChI is InChI=1S/C30H39NO3S/c1-3-16-33-18-10-8-6-5-7-9-15-31-21-26(24-14-19-35-22-24)30(32)28-25-13-11-12-23(25)20-27(29(28)31)34-17-4-2/h10,14,18-22H,3-9,11-13,15-17H2,1-2H3. The van der Waals surface area contributed by atoms with Crippen molar-refractivity contribution in [1.29, 1.82) is 0 Å². The number of allylic oxidation sites excluding steroid dienone is 1. The van der Waals surface area contributed by atoms with E-state index in [0.29, 0.717) is 6.61 Å². The molecular formula is C30H39NO3S. The van der Waals surface area contributed by atoms with E-state index in [1.165, 1.54) is 30.4 Å². The number of hydrogen-bond donors (Lipinski definition) is 0. The minimum absolute atomic E-state index is 0.159. The van der Waals surface area contributed by atoms with Gasteiger partial charge in [0, 0.05) is 18.3 Å². The van der Waals surface area contributed by atoms with Crippen molar-refractivity contribution in [2.45, 2.75) is 84.6 Å². The van der Waals surface area contributed by atoms with Crippen LogP contribution < -0.4 is 10.2 Å². The molecule has 0 aliphatic heterocycles. The highest BCUT2D eigenvalue weighted by molar-refractivity contribution is 7.08. The first kappa shape index (κ1) is 25.6. The van der Waals surface area contributed by atoms with E-state index >= 15 is 0 Å². The molecule has 4 nitrogen and oxygen atoms in total. The first-order valence-electron chi connectivity index (χ1n) is 13.4. The maximum absolute atomic E-state index is 13.8. The molecule has 1 aliphatic carbocycles. The van der Waals surface area contributed by atoms with Crippen LogP contribution in [0, 0.1) is 0 Å². The number of pyridine rings is 1. The van der Waals surface area contributed by atoms with Gasteiger partial charge in [-0.05, 0) is 97.0 Å². The highest BCUT2D eigenvalue weighted by atomic mass is 32.1. The molecule has 0 fully saturated rings. The van der Waals surface area contributed by atoms with Crippen molar-refractivity contribution in [3.8, 4) is 16.9 Å². The third-order valence-electron chi connectivity index (χ3n) is 6.71. The summed E-state index contributed by atoms with van der Waals surface area (Å²) in [6.45, 7) is 6.61. The Kier molecular flexibility index (Phi) is 9.47. The first-order chi connectivity index (χ1) is 17.2. The lowest BCUT2D eigenvalue weighted by atomic mass is 9.99. The molecule has 0 N–H and O–H groups in total. The minimum atomic E-state index is 0.159. The number of aromatic nitrogens is 1. The summed E-state index contributed by atoms with van der Waals surface area (Å²) < 4.78 is 14.0. The lowest BCUT2D eigenvalue weighted by Gasteiger charge is -2.19. The fraction of sp³-hybridized carbons (Fsp3) is 0.500. The minimum Gasteiger partial charge on any atom is -0.502 e. The Hall–Kier alpha value is -2.53. The molecule has 1 aliphatic rings. The average Bonchev–Trinajstić information content (AvgIpc) is 3.57. The number of nitrogens with zero attached hydrogens (tertiary/aromatic N) is 1. The van der Waals surface area contributed by atoms with Crippen LogP contribution in [0.25, 0.3) is 22.0 Å². The van der Waals surface area contributed by atoms with E-state index in [9.17, 15) is 4.79 Å². The fourth-order valence-electron chi connectivity index (χ4n) is 4.99. The van der Waals surface area contributed by atoms with Crippen LogP contribution in [-0.2, 0) is 24.1 Å². The quantitative estimate of drug-likeness (QED) is 0.169. The monoisotopic (exact) mass is 493 g/mol. The van der Waals surface area contributed by atoms with Gasteiger partial charge < -0.3 is 14.0 Å². The van der Waals surface area contributed by atoms with Gasteiger partial charge in [0.1, 0.15) is 5.75 Å². The summed E-state index contributed by atoms with van der Waals surface area (Å²) >= 11 is 1.64. The van der Waals surface area contributed by atoms with Gasteiger partial charge in [-0.25, -0.2) is 0 Å². The van der Waals surface area contributed by atoms with Crippen molar-refractivity contribution in [3.63, 3.8) is 0 Å². The van der Waals surface area contributed by atoms with E-state index < -0.39 is 0 Å². The number of benzene rings is 1. The van der Waals surface area contributed by atoms with E-state index in [-0.39, 0.29) is 5.43 Å². The van der Waals surface area contributed by atoms with Crippen LogP contribution >= 0.6 is 11.3 Å². The maximum atomic E-state index is 13.8. The topological polar surface area (TPSA) is 40.5 Å². The second-order valence-corrected chi connectivity index (χ2v) is 10.2. The molecule has 2 heterocycles. The number of fused-ring (bicyclic) bond motifs is 3. The van der Waals surface area contributed by atoms with Crippen LogP contribution in [-0.4, -0.2) is 17.8 Å². The number of rotatable bonds is 14. The van der Waals surface area contributed by atoms with Crippen molar-refractivity contribution in [1.82, 2.24) is 4.57 Å². The zero-order valence-corrected chi connectivity index (χ0v) is 22.1. The molecule has 0 saturated heterocycles. The summed E-state index contributed by atoms with van der Waals surface area (Å²) in [7, 11) is 0. The van der Waals surface area contributed by atoms with Gasteiger partial charge in [-0.3, -0.25) is 4.79 Å². The van der Waals surface area contributed by atoms with Crippen LogP contribution in [0.15, 0.2) is 46.2 Å². The van der Waals surface area contributed by atoms with Gasteiger partial charge in [-0.2, -0.15) is 11.3 Å². The Bertz CT molecular complexity index is 1180. The third kappa shape index (κ3) is 6.19. The highest BCUT2D eigenvalue weighted by Crippen LogP contribution is 2.36. The van der Waals surface area contributed by atoms with Gasteiger partial charge in [0.15, 0.2) is 5.43 Å². The predicted octanol–water partition coefficient (Wildman–Crippen LogP) is 7.90. The summed E-state index contributed by atoms with van der Waals surface area (Å²) in [5, 5.41) is 5.03. The zero-order chi connectivity index (χ0) is 24.5. The molecule has 188 valence electrons. The lowest BCUT2D eigenvalue weighted by Crippen LogP contribution is -2.15. The predicted molar refractivity (Wildman–Crippen MR) is 148 cm³/mol. The molecule has 0 spiro atoms. The van der Waals surface area contributed by atoms with Gasteiger partial charge in [-0.1, -0.05) is 26.7 Å². The van der Waals surface area contributed by atoms with E-state index in [4.69, 9.17) is 9.47 Å². The maximum Gasteiger partial charge on any atom is 0.197 e. The van der Waals surface area contributed by atoms with Crippen molar-refractivity contribution < 1.29 is 9.47 Å². The normalized spacial score (nSPS) is 13.1. The van der Waals surface area contributed by atoms with E-state index in [1.807, 2.05) is 6.26 Å². The lowest BCUT2D eigenvalue weighted by molar-refractivity contribution is 0.248. The molecule has 0 atom stereocenters. The van der Waals surface area contributed by atoms with E-state index in [1.54, 1.807) is 11.3 Å². The smallest absolute Gasteiger partial charge is 0.197 e. The molecule has 1 aromatic carbocycles. The molecule has 0 saturated carbocycles. The van der Waals surface area contributed by atoms with Crippen LogP contribution in [0.5, 0.6) is 5.75 Å². The number of aryl methyl sites for hydroxylation is 3. The molecule has 2 aromatic heterocycles. The SMILES string of the molecule is CCCOC=CCCCCCCn1cc(-c2ccsc2)c(=O)c2c3c(cc(OCCC)c21)CCC3. The van der Waals surface area contributed by atoms with Crippen molar-refractivity contribution in [2.24, 2.45) is 0 Å². The highest BCUT2D eigenvalue weighted by Gasteiger charge is 2.23. The molecule has 0 unspecified atom stereocenters. The summed E-state index contributed by atoms with van der Waals surface area (Å²) in [6, 6.07) is 4.28. The molecule has 5 heteroatoms. The Balaban J connectivity index is 1.58. The van der Waals surface area contributed by atoms with Crippen LogP contribution in [0.2, 0.25) is 0 Å². The van der Waals surface area contributed by atoms with Gasteiger partial charge in [0.2, 0.25) is 0 Å². The van der Waals surface area contributed by atoms with Crippen LogP contribution in [0.4, 0.5) is 0 Å². The molecule has 0 radical (unpaired) electrons. The van der Waals surface area contributed by atoms with Crippen LogP contribution in [0.3, 0.4) is 0 Å². The van der Waals surface area contributed by atoms with Crippen molar-refractivity contribution in [2.75, 3.05) is 13.2 Å².